The smallest absolute Gasteiger partial charge is 0.269 e. The molecule has 28 heavy (non-hydrogen) atoms. The lowest BCUT2D eigenvalue weighted by Gasteiger charge is -2.12. The van der Waals surface area contributed by atoms with Crippen LogP contribution in [-0.2, 0) is 12.8 Å². The van der Waals surface area contributed by atoms with Crippen molar-refractivity contribution in [3.63, 3.8) is 0 Å². The van der Waals surface area contributed by atoms with E-state index in [0.29, 0.717) is 19.6 Å². The fourth-order valence-corrected chi connectivity index (χ4v) is 3.17. The van der Waals surface area contributed by atoms with E-state index in [1.807, 2.05) is 13.1 Å². The lowest BCUT2D eigenvalue weighted by Crippen LogP contribution is -2.39. The molecule has 3 N–H and O–H groups in total. The molecule has 1 aromatic carbocycles. The van der Waals surface area contributed by atoms with Crippen LogP contribution in [-0.4, -0.2) is 42.0 Å². The van der Waals surface area contributed by atoms with Gasteiger partial charge in [0.1, 0.15) is 0 Å². The van der Waals surface area contributed by atoms with Crippen molar-refractivity contribution >= 4 is 52.6 Å². The van der Waals surface area contributed by atoms with Crippen LogP contribution >= 0.6 is 35.3 Å². The summed E-state index contributed by atoms with van der Waals surface area (Å²) in [6.45, 7) is 6.99. The Morgan fingerprint density at radius 2 is 1.96 bits per heavy atom. The first-order chi connectivity index (χ1) is 13.1. The number of rotatable bonds is 10. The number of nitrogens with one attached hydrogen (secondary N) is 3. The van der Waals surface area contributed by atoms with Crippen LogP contribution in [0, 0.1) is 10.1 Å². The van der Waals surface area contributed by atoms with Crippen molar-refractivity contribution in [1.29, 1.82) is 0 Å². The summed E-state index contributed by atoms with van der Waals surface area (Å²) in [6.07, 6.45) is 3.80. The molecule has 0 spiro atoms. The molecule has 2 rings (SSSR count). The zero-order valence-corrected chi connectivity index (χ0v) is 19.3. The van der Waals surface area contributed by atoms with Gasteiger partial charge < -0.3 is 16.0 Å². The third-order valence-corrected chi connectivity index (χ3v) is 4.92. The van der Waals surface area contributed by atoms with E-state index in [1.54, 1.807) is 23.5 Å². The van der Waals surface area contributed by atoms with Gasteiger partial charge in [0, 0.05) is 61.5 Å². The lowest BCUT2D eigenvalue weighted by molar-refractivity contribution is -0.384. The molecule has 0 fully saturated rings. The number of nitro benzene ring substituents is 1. The van der Waals surface area contributed by atoms with E-state index in [2.05, 4.69) is 32.9 Å². The highest BCUT2D eigenvalue weighted by atomic mass is 127. The molecule has 0 radical (unpaired) electrons. The average molecular weight is 518 g/mol. The zero-order chi connectivity index (χ0) is 19.5. The van der Waals surface area contributed by atoms with Gasteiger partial charge in [-0.25, -0.2) is 4.98 Å². The Kier molecular flexibility index (Phi) is 11.4. The van der Waals surface area contributed by atoms with E-state index in [-0.39, 0.29) is 29.7 Å². The molecule has 8 nitrogen and oxygen atoms in total. The number of anilines is 1. The van der Waals surface area contributed by atoms with E-state index in [1.165, 1.54) is 17.0 Å². The van der Waals surface area contributed by atoms with Crippen molar-refractivity contribution in [3.05, 3.63) is 50.5 Å². The number of aliphatic imine (C=N–C) groups is 1. The number of benzene rings is 1. The summed E-state index contributed by atoms with van der Waals surface area (Å²) in [5, 5.41) is 21.5. The van der Waals surface area contributed by atoms with Gasteiger partial charge in [-0.2, -0.15) is 0 Å². The van der Waals surface area contributed by atoms with Crippen LogP contribution in [0.5, 0.6) is 0 Å². The Bertz CT molecular complexity index is 751. The summed E-state index contributed by atoms with van der Waals surface area (Å²) in [5.41, 5.74) is 0.936. The minimum atomic E-state index is -0.404. The van der Waals surface area contributed by atoms with E-state index in [0.717, 1.165) is 36.0 Å². The van der Waals surface area contributed by atoms with Crippen molar-refractivity contribution in [1.82, 2.24) is 15.6 Å². The van der Waals surface area contributed by atoms with Crippen LogP contribution < -0.4 is 16.0 Å². The quantitative estimate of drug-likeness (QED) is 0.111. The molecule has 0 amide bonds. The van der Waals surface area contributed by atoms with Gasteiger partial charge in [-0.1, -0.05) is 6.92 Å². The molecule has 0 aliphatic carbocycles. The van der Waals surface area contributed by atoms with Gasteiger partial charge in [-0.15, -0.1) is 35.3 Å². The molecule has 0 bridgehead atoms. The Morgan fingerprint density at radius 1 is 1.21 bits per heavy atom. The standard InChI is InChI=1S/C18H26N6O2S.HI/c1-3-16-13-23-17(27-16)9-10-21-18(19-4-2)22-12-11-20-14-5-7-15(8-6-14)24(25)26;/h5-8,13,20H,3-4,9-12H2,1-2H3,(H2,19,21,22);1H. The minimum Gasteiger partial charge on any atom is -0.383 e. The number of nitrogens with zero attached hydrogens (tertiary/aromatic N) is 3. The van der Waals surface area contributed by atoms with Crippen LogP contribution in [0.15, 0.2) is 35.5 Å². The minimum absolute atomic E-state index is 0. The molecule has 0 saturated carbocycles. The topological polar surface area (TPSA) is 104 Å². The first-order valence-electron chi connectivity index (χ1n) is 9.06. The maximum Gasteiger partial charge on any atom is 0.269 e. The highest BCUT2D eigenvalue weighted by Gasteiger charge is 2.04. The summed E-state index contributed by atoms with van der Waals surface area (Å²) >= 11 is 1.75. The van der Waals surface area contributed by atoms with Gasteiger partial charge in [0.05, 0.1) is 9.93 Å². The first kappa shape index (κ1) is 24.1. The van der Waals surface area contributed by atoms with Crippen LogP contribution in [0.1, 0.15) is 23.7 Å². The number of hydrogen-bond donors (Lipinski definition) is 3. The van der Waals surface area contributed by atoms with Crippen LogP contribution in [0.3, 0.4) is 0 Å². The molecule has 0 aliphatic heterocycles. The van der Waals surface area contributed by atoms with Crippen molar-refractivity contribution in [2.24, 2.45) is 4.99 Å². The normalized spacial score (nSPS) is 10.9. The second kappa shape index (κ2) is 13.3. The number of non-ortho nitro benzene ring substituents is 1. The van der Waals surface area contributed by atoms with Crippen LogP contribution in [0.4, 0.5) is 11.4 Å². The number of nitro groups is 1. The summed E-state index contributed by atoms with van der Waals surface area (Å²) < 4.78 is 0. The second-order valence-electron chi connectivity index (χ2n) is 5.74. The number of halogens is 1. The molecule has 154 valence electrons. The average Bonchev–Trinajstić information content (AvgIpc) is 3.13. The number of hydrogen-bond acceptors (Lipinski definition) is 6. The van der Waals surface area contributed by atoms with Gasteiger partial charge in [0.2, 0.25) is 0 Å². The van der Waals surface area contributed by atoms with E-state index in [9.17, 15) is 10.1 Å². The van der Waals surface area contributed by atoms with Gasteiger partial charge in [0.15, 0.2) is 5.96 Å². The highest BCUT2D eigenvalue weighted by Crippen LogP contribution is 2.15. The predicted molar refractivity (Wildman–Crippen MR) is 126 cm³/mol. The van der Waals surface area contributed by atoms with Gasteiger partial charge in [0.25, 0.3) is 5.69 Å². The number of guanidine groups is 1. The van der Waals surface area contributed by atoms with Crippen molar-refractivity contribution in [3.8, 4) is 0 Å². The summed E-state index contributed by atoms with van der Waals surface area (Å²) in [7, 11) is 0. The van der Waals surface area contributed by atoms with Crippen LogP contribution in [0.25, 0.3) is 0 Å². The van der Waals surface area contributed by atoms with Crippen molar-refractivity contribution in [2.45, 2.75) is 26.7 Å². The summed E-state index contributed by atoms with van der Waals surface area (Å²) in [5.74, 6) is 0.773. The zero-order valence-electron chi connectivity index (χ0n) is 16.1. The molecular formula is C18H27IN6O2S. The third kappa shape index (κ3) is 8.38. The summed E-state index contributed by atoms with van der Waals surface area (Å²) in [4.78, 5) is 20.5. The van der Waals surface area contributed by atoms with Crippen LogP contribution in [0.2, 0.25) is 0 Å². The molecule has 2 aromatic rings. The lowest BCUT2D eigenvalue weighted by atomic mass is 10.3. The Morgan fingerprint density at radius 3 is 2.57 bits per heavy atom. The van der Waals surface area contributed by atoms with E-state index >= 15 is 0 Å². The maximum absolute atomic E-state index is 10.7. The SMILES string of the molecule is CCNC(=NCCc1ncc(CC)s1)NCCNc1ccc([N+](=O)[O-])cc1.I. The molecule has 0 saturated heterocycles. The second-order valence-corrected chi connectivity index (χ2v) is 6.94. The predicted octanol–water partition coefficient (Wildman–Crippen LogP) is 3.44. The maximum atomic E-state index is 10.7. The van der Waals surface area contributed by atoms with Gasteiger partial charge in [-0.05, 0) is 25.5 Å². The fraction of sp³-hybridized carbons (Fsp3) is 0.444. The van der Waals surface area contributed by atoms with E-state index in [4.69, 9.17) is 0 Å². The highest BCUT2D eigenvalue weighted by molar-refractivity contribution is 14.0. The van der Waals surface area contributed by atoms with E-state index < -0.39 is 4.92 Å². The van der Waals surface area contributed by atoms with Crippen molar-refractivity contribution < 1.29 is 4.92 Å². The van der Waals surface area contributed by atoms with Gasteiger partial charge >= 0.3 is 0 Å². The van der Waals surface area contributed by atoms with Crippen molar-refractivity contribution in [2.75, 3.05) is 31.5 Å². The Hall–Kier alpha value is -1.95. The molecule has 10 heteroatoms. The monoisotopic (exact) mass is 518 g/mol. The summed E-state index contributed by atoms with van der Waals surface area (Å²) in [6, 6.07) is 6.39. The molecule has 0 unspecified atom stereocenters. The molecule has 0 aliphatic rings. The largest absolute Gasteiger partial charge is 0.383 e. The number of aromatic nitrogens is 1. The molecule has 1 aromatic heterocycles. The Balaban J connectivity index is 0.00000392. The molecular weight excluding hydrogens is 491 g/mol. The Labute approximate surface area is 186 Å². The molecule has 1 heterocycles. The molecule has 0 atom stereocenters. The first-order valence-corrected chi connectivity index (χ1v) is 9.88. The number of aryl methyl sites for hydroxylation is 1. The van der Waals surface area contributed by atoms with Gasteiger partial charge in [-0.3, -0.25) is 15.1 Å². The third-order valence-electron chi connectivity index (χ3n) is 3.71. The fourth-order valence-electron chi connectivity index (χ4n) is 2.32. The number of thiazole rings is 1.